The van der Waals surface area contributed by atoms with Crippen LogP contribution in [0.15, 0.2) is 18.2 Å². The highest BCUT2D eigenvalue weighted by Crippen LogP contribution is 2.16. The first kappa shape index (κ1) is 14.0. The van der Waals surface area contributed by atoms with Crippen LogP contribution in [-0.2, 0) is 0 Å². The molecule has 1 atom stereocenters. The number of nitrogens with zero attached hydrogens (tertiary/aromatic N) is 1. The maximum atomic E-state index is 13.5. The summed E-state index contributed by atoms with van der Waals surface area (Å²) in [6.45, 7) is 2.09. The van der Waals surface area contributed by atoms with Gasteiger partial charge in [-0.05, 0) is 12.5 Å². The van der Waals surface area contributed by atoms with Gasteiger partial charge in [0, 0.05) is 18.7 Å². The van der Waals surface area contributed by atoms with Crippen LogP contribution in [0.2, 0.25) is 0 Å². The van der Waals surface area contributed by atoms with Gasteiger partial charge in [0.1, 0.15) is 5.82 Å². The third kappa shape index (κ3) is 3.49. The van der Waals surface area contributed by atoms with Gasteiger partial charge in [-0.15, -0.1) is 0 Å². The molecular weight excluding hydrogens is 241 g/mol. The van der Waals surface area contributed by atoms with Crippen molar-refractivity contribution in [2.75, 3.05) is 6.54 Å². The molecule has 0 aliphatic carbocycles. The van der Waals surface area contributed by atoms with Crippen LogP contribution in [-0.4, -0.2) is 23.4 Å². The first-order valence-corrected chi connectivity index (χ1v) is 5.43. The summed E-state index contributed by atoms with van der Waals surface area (Å²) in [4.78, 5) is 21.3. The monoisotopic (exact) mass is 255 g/mol. The maximum absolute atomic E-state index is 13.5. The van der Waals surface area contributed by atoms with Gasteiger partial charge in [-0.3, -0.25) is 14.9 Å². The number of nitrogens with two attached hydrogens (primary N) is 1. The van der Waals surface area contributed by atoms with Crippen molar-refractivity contribution in [3.8, 4) is 0 Å². The van der Waals surface area contributed by atoms with E-state index >= 15 is 0 Å². The number of benzene rings is 1. The Labute approximate surface area is 103 Å². The van der Waals surface area contributed by atoms with Crippen molar-refractivity contribution in [1.29, 1.82) is 0 Å². The molecule has 0 aromatic heterocycles. The maximum Gasteiger partial charge on any atom is 0.272 e. The number of rotatable bonds is 5. The van der Waals surface area contributed by atoms with Crippen LogP contribution in [0.1, 0.15) is 23.7 Å². The number of non-ortho nitro benzene ring substituents is 1. The van der Waals surface area contributed by atoms with E-state index < -0.39 is 22.3 Å². The molecule has 1 rings (SSSR count). The van der Waals surface area contributed by atoms with Crippen molar-refractivity contribution >= 4 is 11.6 Å². The number of nitro benzene ring substituents is 1. The lowest BCUT2D eigenvalue weighted by Gasteiger charge is -2.10. The smallest absolute Gasteiger partial charge is 0.272 e. The molecule has 1 amide bonds. The number of carbonyl (C=O) groups excluding carboxylic acids is 1. The van der Waals surface area contributed by atoms with E-state index in [0.717, 1.165) is 12.1 Å². The first-order valence-electron chi connectivity index (χ1n) is 5.43. The standard InChI is InChI=1S/C11H14FN3O3/c1-2-7(13)6-14-11(16)9-4-3-8(15(17)18)5-10(9)12/h3-5,7H,2,6,13H2,1H3,(H,14,16). The summed E-state index contributed by atoms with van der Waals surface area (Å²) in [5.74, 6) is -1.56. The fourth-order valence-corrected chi connectivity index (χ4v) is 1.27. The Morgan fingerprint density at radius 3 is 2.78 bits per heavy atom. The minimum absolute atomic E-state index is 0.199. The molecule has 0 aliphatic heterocycles. The Bertz CT molecular complexity index is 465. The minimum Gasteiger partial charge on any atom is -0.350 e. The van der Waals surface area contributed by atoms with E-state index in [9.17, 15) is 19.3 Å². The van der Waals surface area contributed by atoms with E-state index in [-0.39, 0.29) is 18.2 Å². The lowest BCUT2D eigenvalue weighted by atomic mass is 10.1. The largest absolute Gasteiger partial charge is 0.350 e. The van der Waals surface area contributed by atoms with Gasteiger partial charge in [0.15, 0.2) is 0 Å². The number of hydrogen-bond donors (Lipinski definition) is 2. The van der Waals surface area contributed by atoms with Gasteiger partial charge in [0.25, 0.3) is 11.6 Å². The molecule has 18 heavy (non-hydrogen) atoms. The fourth-order valence-electron chi connectivity index (χ4n) is 1.27. The molecule has 1 unspecified atom stereocenters. The zero-order valence-corrected chi connectivity index (χ0v) is 9.85. The Kier molecular flexibility index (Phi) is 4.73. The molecule has 6 nitrogen and oxygen atoms in total. The zero-order valence-electron chi connectivity index (χ0n) is 9.85. The zero-order chi connectivity index (χ0) is 13.7. The van der Waals surface area contributed by atoms with Crippen molar-refractivity contribution < 1.29 is 14.1 Å². The lowest BCUT2D eigenvalue weighted by Crippen LogP contribution is -2.37. The quantitative estimate of drug-likeness (QED) is 0.610. The van der Waals surface area contributed by atoms with Gasteiger partial charge in [0.2, 0.25) is 0 Å². The number of nitro groups is 1. The van der Waals surface area contributed by atoms with E-state index in [4.69, 9.17) is 5.73 Å². The third-order valence-electron chi connectivity index (χ3n) is 2.46. The fraction of sp³-hybridized carbons (Fsp3) is 0.364. The normalized spacial score (nSPS) is 11.9. The molecule has 0 aliphatic rings. The summed E-state index contributed by atoms with van der Waals surface area (Å²) >= 11 is 0. The molecule has 0 fully saturated rings. The molecule has 7 heteroatoms. The second-order valence-electron chi connectivity index (χ2n) is 3.80. The second-order valence-corrected chi connectivity index (χ2v) is 3.80. The van der Waals surface area contributed by atoms with Crippen molar-refractivity contribution in [1.82, 2.24) is 5.32 Å². The number of carbonyl (C=O) groups is 1. The highest BCUT2D eigenvalue weighted by Gasteiger charge is 2.16. The Hall–Kier alpha value is -2.02. The van der Waals surface area contributed by atoms with E-state index in [1.165, 1.54) is 0 Å². The summed E-state index contributed by atoms with van der Waals surface area (Å²) in [6.07, 6.45) is 0.684. The van der Waals surface area contributed by atoms with Crippen LogP contribution in [0, 0.1) is 15.9 Å². The Morgan fingerprint density at radius 2 is 2.28 bits per heavy atom. The van der Waals surface area contributed by atoms with Gasteiger partial charge in [-0.25, -0.2) is 4.39 Å². The van der Waals surface area contributed by atoms with Gasteiger partial charge in [-0.1, -0.05) is 6.92 Å². The summed E-state index contributed by atoms with van der Waals surface area (Å²) in [5.41, 5.74) is 4.98. The van der Waals surface area contributed by atoms with Gasteiger partial charge in [0.05, 0.1) is 16.6 Å². The van der Waals surface area contributed by atoms with Crippen molar-refractivity contribution in [3.63, 3.8) is 0 Å². The lowest BCUT2D eigenvalue weighted by molar-refractivity contribution is -0.385. The summed E-state index contributed by atoms with van der Waals surface area (Å²) in [7, 11) is 0. The van der Waals surface area contributed by atoms with Crippen LogP contribution in [0.3, 0.4) is 0 Å². The molecule has 0 saturated carbocycles. The molecule has 0 heterocycles. The van der Waals surface area contributed by atoms with Crippen LogP contribution < -0.4 is 11.1 Å². The molecule has 0 saturated heterocycles. The van der Waals surface area contributed by atoms with E-state index in [1.807, 2.05) is 6.92 Å². The van der Waals surface area contributed by atoms with Crippen molar-refractivity contribution in [2.24, 2.45) is 5.73 Å². The van der Waals surface area contributed by atoms with Gasteiger partial charge < -0.3 is 11.1 Å². The van der Waals surface area contributed by atoms with Crippen LogP contribution in [0.4, 0.5) is 10.1 Å². The number of halogens is 1. The predicted molar refractivity (Wildman–Crippen MR) is 63.7 cm³/mol. The van der Waals surface area contributed by atoms with Gasteiger partial charge >= 0.3 is 0 Å². The Balaban J connectivity index is 2.78. The minimum atomic E-state index is -0.924. The summed E-state index contributed by atoms with van der Waals surface area (Å²) < 4.78 is 13.5. The Morgan fingerprint density at radius 1 is 1.61 bits per heavy atom. The molecule has 1 aromatic rings. The molecule has 0 radical (unpaired) electrons. The van der Waals surface area contributed by atoms with E-state index in [0.29, 0.717) is 12.5 Å². The topological polar surface area (TPSA) is 98.3 Å². The molecule has 3 N–H and O–H groups in total. The van der Waals surface area contributed by atoms with Gasteiger partial charge in [-0.2, -0.15) is 0 Å². The molecule has 0 spiro atoms. The predicted octanol–water partition coefficient (Wildman–Crippen LogP) is 1.20. The van der Waals surface area contributed by atoms with E-state index in [2.05, 4.69) is 5.32 Å². The average Bonchev–Trinajstić information content (AvgIpc) is 2.35. The average molecular weight is 255 g/mol. The first-order chi connectivity index (χ1) is 8.45. The SMILES string of the molecule is CCC(N)CNC(=O)c1ccc([N+](=O)[O-])cc1F. The van der Waals surface area contributed by atoms with Crippen LogP contribution >= 0.6 is 0 Å². The van der Waals surface area contributed by atoms with Crippen LogP contribution in [0.5, 0.6) is 0 Å². The summed E-state index contributed by atoms with van der Waals surface area (Å²) in [5, 5.41) is 12.9. The second kappa shape index (κ2) is 6.06. The third-order valence-corrected chi connectivity index (χ3v) is 2.46. The highest BCUT2D eigenvalue weighted by atomic mass is 19.1. The van der Waals surface area contributed by atoms with Crippen LogP contribution in [0.25, 0.3) is 0 Å². The molecular formula is C11H14FN3O3. The number of amides is 1. The summed E-state index contributed by atoms with van der Waals surface area (Å²) in [6, 6.07) is 2.68. The molecule has 98 valence electrons. The van der Waals surface area contributed by atoms with Crippen molar-refractivity contribution in [3.05, 3.63) is 39.7 Å². The number of hydrogen-bond acceptors (Lipinski definition) is 4. The van der Waals surface area contributed by atoms with Crippen molar-refractivity contribution in [2.45, 2.75) is 19.4 Å². The molecule has 1 aromatic carbocycles. The highest BCUT2D eigenvalue weighted by molar-refractivity contribution is 5.94. The number of nitrogens with one attached hydrogen (secondary N) is 1. The van der Waals surface area contributed by atoms with E-state index in [1.54, 1.807) is 0 Å². The molecule has 0 bridgehead atoms.